The highest BCUT2D eigenvalue weighted by Gasteiger charge is 2.24. The molecular formula is C16H30IN5O2S2. The topological polar surface area (TPSA) is 77.0 Å². The van der Waals surface area contributed by atoms with Crippen LogP contribution in [-0.2, 0) is 10.0 Å². The zero-order valence-electron chi connectivity index (χ0n) is 15.9. The fraction of sp³-hybridized carbons (Fsp3) is 0.688. The average molecular weight is 515 g/mol. The highest BCUT2D eigenvalue weighted by Crippen LogP contribution is 2.22. The van der Waals surface area contributed by atoms with Crippen molar-refractivity contribution in [3.8, 4) is 0 Å². The Balaban J connectivity index is 0.00000338. The zero-order valence-corrected chi connectivity index (χ0v) is 19.8. The molecule has 7 nitrogen and oxygen atoms in total. The van der Waals surface area contributed by atoms with Crippen LogP contribution in [0, 0.1) is 0 Å². The first-order valence-corrected chi connectivity index (χ1v) is 11.3. The van der Waals surface area contributed by atoms with Crippen LogP contribution >= 0.6 is 35.3 Å². The third-order valence-corrected chi connectivity index (χ3v) is 5.67. The van der Waals surface area contributed by atoms with Gasteiger partial charge in [-0.2, -0.15) is 0 Å². The Labute approximate surface area is 178 Å². The van der Waals surface area contributed by atoms with Crippen molar-refractivity contribution in [2.45, 2.75) is 26.3 Å². The average Bonchev–Trinajstić information content (AvgIpc) is 3.04. The van der Waals surface area contributed by atoms with Crippen LogP contribution < -0.4 is 14.9 Å². The number of hydrogen-bond acceptors (Lipinski definition) is 5. The van der Waals surface area contributed by atoms with Gasteiger partial charge in [-0.15, -0.1) is 35.3 Å². The Bertz CT molecular complexity index is 669. The number of halogens is 1. The predicted molar refractivity (Wildman–Crippen MR) is 122 cm³/mol. The third-order valence-electron chi connectivity index (χ3n) is 3.82. The smallest absolute Gasteiger partial charge is 0.209 e. The summed E-state index contributed by atoms with van der Waals surface area (Å²) >= 11 is 1.76. The fourth-order valence-electron chi connectivity index (χ4n) is 2.82. The minimum atomic E-state index is -3.26. The Hall–Kier alpha value is -0.590. The van der Waals surface area contributed by atoms with E-state index in [0.29, 0.717) is 6.54 Å². The number of anilines is 1. The van der Waals surface area contributed by atoms with Gasteiger partial charge in [0.05, 0.1) is 17.8 Å². The summed E-state index contributed by atoms with van der Waals surface area (Å²) in [5, 5.41) is 6.73. The van der Waals surface area contributed by atoms with Crippen LogP contribution in [0.2, 0.25) is 0 Å². The van der Waals surface area contributed by atoms with Crippen LogP contribution in [0.3, 0.4) is 0 Å². The van der Waals surface area contributed by atoms with E-state index in [9.17, 15) is 8.42 Å². The van der Waals surface area contributed by atoms with Crippen molar-refractivity contribution in [3.63, 3.8) is 0 Å². The van der Waals surface area contributed by atoms with E-state index in [1.54, 1.807) is 11.3 Å². The van der Waals surface area contributed by atoms with Gasteiger partial charge in [-0.05, 0) is 38.3 Å². The number of sulfonamides is 1. The van der Waals surface area contributed by atoms with Crippen LogP contribution in [0.5, 0.6) is 0 Å². The second kappa shape index (κ2) is 10.1. The van der Waals surface area contributed by atoms with Gasteiger partial charge in [0.25, 0.3) is 0 Å². The Kier molecular flexibility index (Phi) is 9.10. The van der Waals surface area contributed by atoms with Crippen LogP contribution in [0.1, 0.15) is 20.8 Å². The van der Waals surface area contributed by atoms with Crippen molar-refractivity contribution in [3.05, 3.63) is 17.5 Å². The molecule has 0 unspecified atom stereocenters. The summed E-state index contributed by atoms with van der Waals surface area (Å²) in [4.78, 5) is 9.30. The number of aliphatic imine (C=N–C) groups is 1. The summed E-state index contributed by atoms with van der Waals surface area (Å²) in [6.07, 6.45) is 1.17. The maximum Gasteiger partial charge on any atom is 0.209 e. The van der Waals surface area contributed by atoms with Crippen molar-refractivity contribution < 1.29 is 8.42 Å². The van der Waals surface area contributed by atoms with Crippen molar-refractivity contribution in [2.24, 2.45) is 4.99 Å². The van der Waals surface area contributed by atoms with Gasteiger partial charge in [0.15, 0.2) is 5.96 Å². The standard InChI is InChI=1S/C16H29N5O2S2.HI/c1-5-17-15(18-13-16(2,3)19-25(4,22)23)21-10-8-20(9-11-21)14-7-6-12-24-14;/h6-7,12,19H,5,8-11,13H2,1-4H3,(H,17,18);1H. The molecule has 1 aliphatic rings. The lowest BCUT2D eigenvalue weighted by atomic mass is 10.1. The normalized spacial score (nSPS) is 16.4. The van der Waals surface area contributed by atoms with E-state index in [-0.39, 0.29) is 24.0 Å². The molecule has 2 N–H and O–H groups in total. The Morgan fingerprint density at radius 2 is 1.96 bits per heavy atom. The molecule has 26 heavy (non-hydrogen) atoms. The third kappa shape index (κ3) is 7.57. The molecule has 0 radical (unpaired) electrons. The molecule has 2 heterocycles. The molecule has 1 aromatic heterocycles. The monoisotopic (exact) mass is 515 g/mol. The number of nitrogens with one attached hydrogen (secondary N) is 2. The van der Waals surface area contributed by atoms with E-state index in [2.05, 4.69) is 42.3 Å². The number of thiophene rings is 1. The lowest BCUT2D eigenvalue weighted by molar-refractivity contribution is 0.370. The minimum Gasteiger partial charge on any atom is -0.360 e. The molecule has 0 aliphatic carbocycles. The van der Waals surface area contributed by atoms with Gasteiger partial charge >= 0.3 is 0 Å². The van der Waals surface area contributed by atoms with Gasteiger partial charge in [-0.25, -0.2) is 13.1 Å². The fourth-order valence-corrected chi connectivity index (χ4v) is 4.67. The van der Waals surface area contributed by atoms with E-state index in [1.165, 1.54) is 11.3 Å². The second-order valence-corrected chi connectivity index (χ2v) is 9.53. The molecule has 1 aromatic rings. The predicted octanol–water partition coefficient (Wildman–Crippen LogP) is 1.78. The summed E-state index contributed by atoms with van der Waals surface area (Å²) in [5.74, 6) is 0.844. The van der Waals surface area contributed by atoms with Gasteiger partial charge in [0, 0.05) is 38.3 Å². The number of piperazine rings is 1. The molecule has 1 fully saturated rings. The van der Waals surface area contributed by atoms with Crippen molar-refractivity contribution in [2.75, 3.05) is 50.4 Å². The first-order chi connectivity index (χ1) is 11.7. The first kappa shape index (κ1) is 23.4. The molecule has 1 saturated heterocycles. The van der Waals surface area contributed by atoms with Crippen molar-refractivity contribution >= 4 is 56.3 Å². The highest BCUT2D eigenvalue weighted by molar-refractivity contribution is 14.0. The molecule has 10 heteroatoms. The lowest BCUT2D eigenvalue weighted by Crippen LogP contribution is -2.53. The summed E-state index contributed by atoms with van der Waals surface area (Å²) in [6, 6.07) is 4.23. The second-order valence-electron chi connectivity index (χ2n) is 6.85. The zero-order chi connectivity index (χ0) is 18.5. The van der Waals surface area contributed by atoms with Crippen LogP contribution in [0.15, 0.2) is 22.5 Å². The van der Waals surface area contributed by atoms with E-state index < -0.39 is 15.6 Å². The SMILES string of the molecule is CCNC(=NCC(C)(C)NS(C)(=O)=O)N1CCN(c2cccs2)CC1.I. The van der Waals surface area contributed by atoms with E-state index in [4.69, 9.17) is 0 Å². The first-order valence-electron chi connectivity index (χ1n) is 8.51. The quantitative estimate of drug-likeness (QED) is 0.343. The molecule has 0 amide bonds. The van der Waals surface area contributed by atoms with Gasteiger partial charge in [0.1, 0.15) is 0 Å². The van der Waals surface area contributed by atoms with E-state index >= 15 is 0 Å². The number of hydrogen-bond donors (Lipinski definition) is 2. The van der Waals surface area contributed by atoms with Gasteiger partial charge in [-0.3, -0.25) is 4.99 Å². The molecule has 0 aromatic carbocycles. The molecule has 2 rings (SSSR count). The molecule has 150 valence electrons. The summed E-state index contributed by atoms with van der Waals surface area (Å²) in [5.41, 5.74) is -0.618. The van der Waals surface area contributed by atoms with Crippen molar-refractivity contribution in [1.29, 1.82) is 0 Å². The lowest BCUT2D eigenvalue weighted by Gasteiger charge is -2.37. The van der Waals surface area contributed by atoms with Gasteiger partial charge in [0.2, 0.25) is 10.0 Å². The van der Waals surface area contributed by atoms with Gasteiger partial charge < -0.3 is 15.1 Å². The molecule has 0 bridgehead atoms. The van der Waals surface area contributed by atoms with Crippen LogP contribution in [0.25, 0.3) is 0 Å². The largest absolute Gasteiger partial charge is 0.360 e. The number of rotatable bonds is 6. The maximum absolute atomic E-state index is 11.5. The molecule has 0 atom stereocenters. The van der Waals surface area contributed by atoms with E-state index in [1.807, 2.05) is 20.8 Å². The molecule has 0 saturated carbocycles. The molecular weight excluding hydrogens is 485 g/mol. The van der Waals surface area contributed by atoms with Crippen LogP contribution in [-0.4, -0.2) is 70.3 Å². The highest BCUT2D eigenvalue weighted by atomic mass is 127. The maximum atomic E-state index is 11.5. The van der Waals surface area contributed by atoms with Crippen LogP contribution in [0.4, 0.5) is 5.00 Å². The van der Waals surface area contributed by atoms with Crippen molar-refractivity contribution in [1.82, 2.24) is 14.9 Å². The molecule has 0 spiro atoms. The summed E-state index contributed by atoms with van der Waals surface area (Å²) in [7, 11) is -3.26. The Morgan fingerprint density at radius 1 is 1.31 bits per heavy atom. The van der Waals surface area contributed by atoms with Gasteiger partial charge in [-0.1, -0.05) is 0 Å². The Morgan fingerprint density at radius 3 is 2.46 bits per heavy atom. The van der Waals surface area contributed by atoms with E-state index in [0.717, 1.165) is 38.7 Å². The number of nitrogens with zero attached hydrogens (tertiary/aromatic N) is 3. The summed E-state index contributed by atoms with van der Waals surface area (Å²) < 4.78 is 25.6. The number of guanidine groups is 1. The summed E-state index contributed by atoms with van der Waals surface area (Å²) in [6.45, 7) is 10.6. The minimum absolute atomic E-state index is 0. The molecule has 1 aliphatic heterocycles.